The van der Waals surface area contributed by atoms with Gasteiger partial charge in [-0.2, -0.15) is 0 Å². The van der Waals surface area contributed by atoms with Gasteiger partial charge in [0.15, 0.2) is 4.90 Å². The van der Waals surface area contributed by atoms with Crippen molar-refractivity contribution in [3.63, 3.8) is 0 Å². The van der Waals surface area contributed by atoms with Crippen LogP contribution in [0.5, 0.6) is 0 Å². The van der Waals surface area contributed by atoms with Gasteiger partial charge in [-0.15, -0.1) is 12.4 Å². The first-order chi connectivity index (χ1) is 9.90. The zero-order valence-corrected chi connectivity index (χ0v) is 14.0. The molecule has 2 N–H and O–H groups in total. The predicted octanol–water partition coefficient (Wildman–Crippen LogP) is 1.95. The SMILES string of the molecule is Cl.O=[N+]([O-])c1ccc(Cl)cc1S(=O)(=O)NCC1CCCNC1. The number of hydrogen-bond acceptors (Lipinski definition) is 5. The van der Waals surface area contributed by atoms with Crippen molar-refractivity contribution < 1.29 is 13.3 Å². The minimum absolute atomic E-state index is 0. The van der Waals surface area contributed by atoms with Crippen molar-refractivity contribution in [2.24, 2.45) is 5.92 Å². The second-order valence-electron chi connectivity index (χ2n) is 4.93. The summed E-state index contributed by atoms with van der Waals surface area (Å²) >= 11 is 5.75. The molecule has 0 spiro atoms. The molecule has 0 radical (unpaired) electrons. The zero-order chi connectivity index (χ0) is 15.5. The Morgan fingerprint density at radius 2 is 2.18 bits per heavy atom. The number of rotatable bonds is 5. The van der Waals surface area contributed by atoms with Gasteiger partial charge in [-0.3, -0.25) is 10.1 Å². The minimum Gasteiger partial charge on any atom is -0.316 e. The van der Waals surface area contributed by atoms with Crippen molar-refractivity contribution in [1.82, 2.24) is 10.0 Å². The molecule has 1 aromatic carbocycles. The highest BCUT2D eigenvalue weighted by Gasteiger charge is 2.27. The fraction of sp³-hybridized carbons (Fsp3) is 0.500. The Morgan fingerprint density at radius 3 is 2.77 bits per heavy atom. The average molecular weight is 370 g/mol. The van der Waals surface area contributed by atoms with Crippen LogP contribution in [0.4, 0.5) is 5.69 Å². The smallest absolute Gasteiger partial charge is 0.289 e. The van der Waals surface area contributed by atoms with Gasteiger partial charge in [-0.05, 0) is 44.0 Å². The van der Waals surface area contributed by atoms with E-state index >= 15 is 0 Å². The van der Waals surface area contributed by atoms with Crippen molar-refractivity contribution in [1.29, 1.82) is 0 Å². The maximum atomic E-state index is 12.3. The van der Waals surface area contributed by atoms with Crippen LogP contribution in [-0.4, -0.2) is 33.0 Å². The van der Waals surface area contributed by atoms with E-state index in [2.05, 4.69) is 10.0 Å². The maximum Gasteiger partial charge on any atom is 0.289 e. The fourth-order valence-corrected chi connectivity index (χ4v) is 3.81. The third kappa shape index (κ3) is 4.79. The van der Waals surface area contributed by atoms with Crippen LogP contribution < -0.4 is 10.0 Å². The molecule has 0 amide bonds. The summed E-state index contributed by atoms with van der Waals surface area (Å²) in [5.41, 5.74) is -0.478. The quantitative estimate of drug-likeness (QED) is 0.609. The summed E-state index contributed by atoms with van der Waals surface area (Å²) in [6.45, 7) is 1.92. The summed E-state index contributed by atoms with van der Waals surface area (Å²) < 4.78 is 27.0. The number of benzene rings is 1. The molecule has 0 bridgehead atoms. The molecule has 10 heteroatoms. The molecule has 1 aromatic rings. The molecule has 0 aliphatic carbocycles. The van der Waals surface area contributed by atoms with Gasteiger partial charge in [0.25, 0.3) is 5.69 Å². The van der Waals surface area contributed by atoms with Gasteiger partial charge < -0.3 is 5.32 Å². The standard InChI is InChI=1S/C12H16ClN3O4S.ClH/c13-10-3-4-11(16(17)18)12(6-10)21(19,20)15-8-9-2-1-5-14-7-9;/h3-4,6,9,14-15H,1-2,5,7-8H2;1H. The Kier molecular flexibility index (Phi) is 7.01. The van der Waals surface area contributed by atoms with Gasteiger partial charge in [0.05, 0.1) is 4.92 Å². The number of nitro benzene ring substituents is 1. The first-order valence-corrected chi connectivity index (χ1v) is 8.40. The highest BCUT2D eigenvalue weighted by Crippen LogP contribution is 2.27. The number of piperidine rings is 1. The van der Waals surface area contributed by atoms with Crippen LogP contribution in [0, 0.1) is 16.0 Å². The van der Waals surface area contributed by atoms with Crippen LogP contribution >= 0.6 is 24.0 Å². The molecule has 22 heavy (non-hydrogen) atoms. The van der Waals surface area contributed by atoms with E-state index in [9.17, 15) is 18.5 Å². The zero-order valence-electron chi connectivity index (χ0n) is 11.6. The van der Waals surface area contributed by atoms with Crippen molar-refractivity contribution >= 4 is 39.7 Å². The van der Waals surface area contributed by atoms with Crippen LogP contribution in [-0.2, 0) is 10.0 Å². The van der Waals surface area contributed by atoms with Crippen molar-refractivity contribution in [2.45, 2.75) is 17.7 Å². The van der Waals surface area contributed by atoms with Crippen LogP contribution in [0.15, 0.2) is 23.1 Å². The maximum absolute atomic E-state index is 12.3. The topological polar surface area (TPSA) is 101 Å². The molecular weight excluding hydrogens is 353 g/mol. The van der Waals surface area contributed by atoms with E-state index in [1.165, 1.54) is 6.07 Å². The number of nitrogens with zero attached hydrogens (tertiary/aromatic N) is 1. The van der Waals surface area contributed by atoms with Crippen molar-refractivity contribution in [3.8, 4) is 0 Å². The third-order valence-corrected chi connectivity index (χ3v) is 5.06. The molecule has 2 rings (SSSR count). The lowest BCUT2D eigenvalue weighted by Crippen LogP contribution is -2.38. The normalized spacial score (nSPS) is 18.5. The number of sulfonamides is 1. The lowest BCUT2D eigenvalue weighted by atomic mass is 10.0. The molecule has 1 unspecified atom stereocenters. The molecule has 0 aromatic heterocycles. The van der Waals surface area contributed by atoms with Gasteiger partial charge in [-0.1, -0.05) is 11.6 Å². The Bertz CT molecular complexity index is 633. The highest BCUT2D eigenvalue weighted by molar-refractivity contribution is 7.89. The molecule has 1 aliphatic heterocycles. The number of hydrogen-bond donors (Lipinski definition) is 2. The molecule has 7 nitrogen and oxygen atoms in total. The minimum atomic E-state index is -3.96. The first kappa shape index (κ1) is 19.1. The lowest BCUT2D eigenvalue weighted by Gasteiger charge is -2.22. The Labute approximate surface area is 140 Å². The van der Waals surface area contributed by atoms with E-state index in [4.69, 9.17) is 11.6 Å². The summed E-state index contributed by atoms with van der Waals surface area (Å²) in [5, 5.41) is 14.3. The van der Waals surface area contributed by atoms with Gasteiger partial charge in [0.1, 0.15) is 0 Å². The van der Waals surface area contributed by atoms with E-state index < -0.39 is 25.5 Å². The van der Waals surface area contributed by atoms with E-state index in [-0.39, 0.29) is 29.9 Å². The summed E-state index contributed by atoms with van der Waals surface area (Å²) in [7, 11) is -3.96. The molecular formula is C12H17Cl2N3O4S. The van der Waals surface area contributed by atoms with Crippen molar-refractivity contribution in [3.05, 3.63) is 33.3 Å². The monoisotopic (exact) mass is 369 g/mol. The van der Waals surface area contributed by atoms with Crippen LogP contribution in [0.25, 0.3) is 0 Å². The molecule has 0 saturated carbocycles. The molecule has 124 valence electrons. The van der Waals surface area contributed by atoms with E-state index in [1.807, 2.05) is 0 Å². The summed E-state index contributed by atoms with van der Waals surface area (Å²) in [4.78, 5) is 9.82. The van der Waals surface area contributed by atoms with Gasteiger partial charge in [0.2, 0.25) is 10.0 Å². The second-order valence-corrected chi connectivity index (χ2v) is 7.11. The van der Waals surface area contributed by atoms with Crippen LogP contribution in [0.2, 0.25) is 5.02 Å². The Hall–Kier alpha value is -0.930. The molecule has 1 saturated heterocycles. The van der Waals surface area contributed by atoms with E-state index in [0.717, 1.165) is 38.1 Å². The van der Waals surface area contributed by atoms with Crippen molar-refractivity contribution in [2.75, 3.05) is 19.6 Å². The molecule has 1 aliphatic rings. The van der Waals surface area contributed by atoms with Crippen LogP contribution in [0.1, 0.15) is 12.8 Å². The highest BCUT2D eigenvalue weighted by atomic mass is 35.5. The molecule has 1 heterocycles. The summed E-state index contributed by atoms with van der Waals surface area (Å²) in [6, 6.07) is 3.49. The average Bonchev–Trinajstić information content (AvgIpc) is 2.46. The summed E-state index contributed by atoms with van der Waals surface area (Å²) in [5.74, 6) is 0.187. The fourth-order valence-electron chi connectivity index (χ4n) is 2.26. The molecule has 1 fully saturated rings. The van der Waals surface area contributed by atoms with Gasteiger partial charge in [-0.25, -0.2) is 13.1 Å². The third-order valence-electron chi connectivity index (χ3n) is 3.37. The Morgan fingerprint density at radius 1 is 1.45 bits per heavy atom. The van der Waals surface area contributed by atoms with E-state index in [1.54, 1.807) is 0 Å². The largest absolute Gasteiger partial charge is 0.316 e. The predicted molar refractivity (Wildman–Crippen MR) is 86.1 cm³/mol. The van der Waals surface area contributed by atoms with E-state index in [0.29, 0.717) is 0 Å². The van der Waals surface area contributed by atoms with Gasteiger partial charge in [0, 0.05) is 17.6 Å². The number of halogens is 2. The van der Waals surface area contributed by atoms with Crippen LogP contribution in [0.3, 0.4) is 0 Å². The number of nitrogens with one attached hydrogen (secondary N) is 2. The summed E-state index contributed by atoms with van der Waals surface area (Å²) in [6.07, 6.45) is 1.91. The first-order valence-electron chi connectivity index (χ1n) is 6.54. The number of nitro groups is 1. The van der Waals surface area contributed by atoms with Gasteiger partial charge >= 0.3 is 0 Å². The second kappa shape index (κ2) is 8.07. The molecule has 1 atom stereocenters. The Balaban J connectivity index is 0.00000242. The lowest BCUT2D eigenvalue weighted by molar-refractivity contribution is -0.387.